The average Bonchev–Trinajstić information content (AvgIpc) is 3.05. The van der Waals surface area contributed by atoms with E-state index >= 15 is 0 Å². The third-order valence-corrected chi connectivity index (χ3v) is 5.18. The van der Waals surface area contributed by atoms with E-state index in [-0.39, 0.29) is 23.4 Å². The fourth-order valence-corrected chi connectivity index (χ4v) is 3.62. The van der Waals surface area contributed by atoms with Crippen molar-refractivity contribution in [3.8, 4) is 0 Å². The average molecular weight is 433 g/mol. The Balaban J connectivity index is 1.84. The van der Waals surface area contributed by atoms with E-state index in [9.17, 15) is 29.2 Å². The molecule has 1 aliphatic heterocycles. The Morgan fingerprint density at radius 3 is 2.25 bits per heavy atom. The number of pyridine rings is 1. The summed E-state index contributed by atoms with van der Waals surface area (Å²) in [4.78, 5) is 41.4. The van der Waals surface area contributed by atoms with Gasteiger partial charge in [-0.3, -0.25) is 24.7 Å². The van der Waals surface area contributed by atoms with Crippen LogP contribution in [-0.4, -0.2) is 31.6 Å². The second-order valence-corrected chi connectivity index (χ2v) is 7.14. The number of halogens is 1. The number of aromatic nitrogens is 1. The van der Waals surface area contributed by atoms with Gasteiger partial charge in [0.1, 0.15) is 11.6 Å². The van der Waals surface area contributed by atoms with E-state index < -0.39 is 34.2 Å². The molecule has 0 radical (unpaired) electrons. The molecule has 1 atom stereocenters. The first-order valence-corrected chi connectivity index (χ1v) is 9.54. The van der Waals surface area contributed by atoms with Crippen molar-refractivity contribution in [2.75, 3.05) is 0 Å². The van der Waals surface area contributed by atoms with Crippen LogP contribution in [0.15, 0.2) is 78.6 Å². The minimum atomic E-state index is -0.973. The van der Waals surface area contributed by atoms with E-state index in [2.05, 4.69) is 4.98 Å². The molecule has 4 rings (SSSR count). The van der Waals surface area contributed by atoms with Gasteiger partial charge in [-0.25, -0.2) is 4.39 Å². The van der Waals surface area contributed by atoms with Gasteiger partial charge >= 0.3 is 0 Å². The van der Waals surface area contributed by atoms with Crippen LogP contribution in [0.3, 0.4) is 0 Å². The topological polar surface area (TPSA) is 114 Å². The number of carbonyl (C=O) groups is 2. The van der Waals surface area contributed by atoms with E-state index in [1.807, 2.05) is 0 Å². The zero-order chi connectivity index (χ0) is 22.8. The highest BCUT2D eigenvalue weighted by Gasteiger charge is 2.46. The minimum Gasteiger partial charge on any atom is -0.507 e. The standard InChI is InChI=1S/C23H16FN3O5/c24-17-5-1-15(2-6-17)20-19(21(28)16-3-7-18(8-4-16)27(31)32)22(29)23(30)26(20)13-14-9-11-25-12-10-14/h1-12,20,28H,13H2/b21-19-. The number of nitro benzene ring substituents is 1. The maximum Gasteiger partial charge on any atom is 0.295 e. The SMILES string of the molecule is O=C1C(=O)N(Cc2ccncc2)C(c2ccc(F)cc2)/C1=C(/O)c1ccc([N+](=O)[O-])cc1. The van der Waals surface area contributed by atoms with Crippen molar-refractivity contribution in [1.82, 2.24) is 9.88 Å². The fourth-order valence-electron chi connectivity index (χ4n) is 3.62. The van der Waals surface area contributed by atoms with E-state index in [0.717, 1.165) is 0 Å². The first-order chi connectivity index (χ1) is 15.4. The number of Topliss-reactive ketones (excluding diaryl/α,β-unsaturated/α-hetero) is 1. The molecule has 2 heterocycles. The molecule has 8 nitrogen and oxygen atoms in total. The summed E-state index contributed by atoms with van der Waals surface area (Å²) in [5, 5.41) is 21.8. The van der Waals surface area contributed by atoms with E-state index in [1.54, 1.807) is 24.5 Å². The molecular weight excluding hydrogens is 417 g/mol. The van der Waals surface area contributed by atoms with Gasteiger partial charge in [-0.05, 0) is 47.5 Å². The van der Waals surface area contributed by atoms with Crippen LogP contribution in [0.5, 0.6) is 0 Å². The van der Waals surface area contributed by atoms with E-state index in [0.29, 0.717) is 11.1 Å². The van der Waals surface area contributed by atoms with Gasteiger partial charge in [0, 0.05) is 36.6 Å². The van der Waals surface area contributed by atoms with Crippen molar-refractivity contribution in [3.05, 3.63) is 111 Å². The molecule has 1 N–H and O–H groups in total. The van der Waals surface area contributed by atoms with Crippen molar-refractivity contribution >= 4 is 23.1 Å². The molecule has 160 valence electrons. The second-order valence-electron chi connectivity index (χ2n) is 7.14. The zero-order valence-electron chi connectivity index (χ0n) is 16.5. The Bertz CT molecular complexity index is 1220. The highest BCUT2D eigenvalue weighted by molar-refractivity contribution is 6.46. The molecular formula is C23H16FN3O5. The number of aliphatic hydroxyl groups excluding tert-OH is 1. The summed E-state index contributed by atoms with van der Waals surface area (Å²) in [6.07, 6.45) is 3.10. The Morgan fingerprint density at radius 1 is 1.03 bits per heavy atom. The smallest absolute Gasteiger partial charge is 0.295 e. The number of amides is 1. The van der Waals surface area contributed by atoms with Crippen molar-refractivity contribution in [2.45, 2.75) is 12.6 Å². The number of benzene rings is 2. The van der Waals surface area contributed by atoms with Crippen LogP contribution >= 0.6 is 0 Å². The predicted octanol–water partition coefficient (Wildman–Crippen LogP) is 3.75. The van der Waals surface area contributed by atoms with Gasteiger partial charge in [-0.1, -0.05) is 12.1 Å². The highest BCUT2D eigenvalue weighted by atomic mass is 19.1. The molecule has 3 aromatic rings. The molecule has 1 saturated heterocycles. The summed E-state index contributed by atoms with van der Waals surface area (Å²) in [6.45, 7) is 0.0617. The number of hydrogen-bond donors (Lipinski definition) is 1. The normalized spacial score (nSPS) is 17.5. The Kier molecular flexibility index (Phi) is 5.46. The van der Waals surface area contributed by atoms with Gasteiger partial charge in [-0.15, -0.1) is 0 Å². The number of ketones is 1. The summed E-state index contributed by atoms with van der Waals surface area (Å²) >= 11 is 0. The van der Waals surface area contributed by atoms with Crippen LogP contribution in [0.4, 0.5) is 10.1 Å². The van der Waals surface area contributed by atoms with Gasteiger partial charge in [0.25, 0.3) is 17.4 Å². The number of rotatable bonds is 5. The van der Waals surface area contributed by atoms with Gasteiger partial charge < -0.3 is 10.0 Å². The van der Waals surface area contributed by atoms with Gasteiger partial charge in [0.15, 0.2) is 0 Å². The lowest BCUT2D eigenvalue weighted by Gasteiger charge is -2.25. The minimum absolute atomic E-state index is 0.0617. The molecule has 1 aliphatic rings. The number of aliphatic hydroxyl groups is 1. The van der Waals surface area contributed by atoms with E-state index in [4.69, 9.17) is 0 Å². The number of hydrogen-bond acceptors (Lipinski definition) is 6. The van der Waals surface area contributed by atoms with Crippen LogP contribution in [0.25, 0.3) is 5.76 Å². The number of nitrogens with zero attached hydrogens (tertiary/aromatic N) is 3. The summed E-state index contributed by atoms with van der Waals surface area (Å²) in [7, 11) is 0. The van der Waals surface area contributed by atoms with Gasteiger partial charge in [-0.2, -0.15) is 0 Å². The van der Waals surface area contributed by atoms with Crippen LogP contribution in [0, 0.1) is 15.9 Å². The lowest BCUT2D eigenvalue weighted by atomic mass is 9.95. The molecule has 1 amide bonds. The van der Waals surface area contributed by atoms with Crippen LogP contribution in [-0.2, 0) is 16.1 Å². The van der Waals surface area contributed by atoms with Crippen molar-refractivity contribution in [2.24, 2.45) is 0 Å². The molecule has 0 spiro atoms. The molecule has 1 fully saturated rings. The third kappa shape index (κ3) is 3.83. The molecule has 0 bridgehead atoms. The first-order valence-electron chi connectivity index (χ1n) is 9.54. The van der Waals surface area contributed by atoms with Gasteiger partial charge in [0.05, 0.1) is 16.5 Å². The predicted molar refractivity (Wildman–Crippen MR) is 112 cm³/mol. The molecule has 32 heavy (non-hydrogen) atoms. The van der Waals surface area contributed by atoms with Crippen molar-refractivity contribution in [3.63, 3.8) is 0 Å². The summed E-state index contributed by atoms with van der Waals surface area (Å²) in [5.74, 6) is -2.68. The number of nitro groups is 1. The lowest BCUT2D eigenvalue weighted by Crippen LogP contribution is -2.29. The molecule has 9 heteroatoms. The van der Waals surface area contributed by atoms with Crippen LogP contribution < -0.4 is 0 Å². The molecule has 2 aromatic carbocycles. The quantitative estimate of drug-likeness (QED) is 0.216. The largest absolute Gasteiger partial charge is 0.507 e. The fraction of sp³-hybridized carbons (Fsp3) is 0.0870. The third-order valence-electron chi connectivity index (χ3n) is 5.18. The summed E-state index contributed by atoms with van der Waals surface area (Å²) in [6, 6.07) is 12.7. The number of carbonyl (C=O) groups excluding carboxylic acids is 2. The summed E-state index contributed by atoms with van der Waals surface area (Å²) in [5.41, 5.74) is 0.927. The van der Waals surface area contributed by atoms with Crippen molar-refractivity contribution in [1.29, 1.82) is 0 Å². The second kappa shape index (κ2) is 8.38. The lowest BCUT2D eigenvalue weighted by molar-refractivity contribution is -0.384. The number of non-ortho nitro benzene ring substituents is 1. The van der Waals surface area contributed by atoms with Crippen LogP contribution in [0.1, 0.15) is 22.7 Å². The monoisotopic (exact) mass is 433 g/mol. The van der Waals surface area contributed by atoms with Crippen molar-refractivity contribution < 1.29 is 24.0 Å². The Labute approximate surface area is 181 Å². The Hall–Kier alpha value is -4.40. The zero-order valence-corrected chi connectivity index (χ0v) is 16.5. The maximum atomic E-state index is 13.5. The maximum absolute atomic E-state index is 13.5. The van der Waals surface area contributed by atoms with Gasteiger partial charge in [0.2, 0.25) is 0 Å². The molecule has 1 aromatic heterocycles. The highest BCUT2D eigenvalue weighted by Crippen LogP contribution is 2.40. The van der Waals surface area contributed by atoms with Crippen LogP contribution in [0.2, 0.25) is 0 Å². The van der Waals surface area contributed by atoms with E-state index in [1.165, 1.54) is 53.4 Å². The Morgan fingerprint density at radius 2 is 1.66 bits per heavy atom. The molecule has 0 saturated carbocycles. The summed E-state index contributed by atoms with van der Waals surface area (Å²) < 4.78 is 13.5. The molecule has 1 unspecified atom stereocenters. The number of likely N-dealkylation sites (tertiary alicyclic amines) is 1. The first kappa shape index (κ1) is 20.9. The molecule has 0 aliphatic carbocycles.